The lowest BCUT2D eigenvalue weighted by atomic mass is 10.1. The smallest absolute Gasteiger partial charge is 0.355 e. The molecule has 0 bridgehead atoms. The van der Waals surface area contributed by atoms with E-state index in [2.05, 4.69) is 25.7 Å². The molecule has 2 aromatic carbocycles. The minimum absolute atomic E-state index is 0.411. The summed E-state index contributed by atoms with van der Waals surface area (Å²) in [6.07, 6.45) is -0.986. The number of nitrogens with zero attached hydrogens (tertiary/aromatic N) is 5. The van der Waals surface area contributed by atoms with Gasteiger partial charge in [-0.3, -0.25) is 4.98 Å². The number of aromatic nitrogens is 5. The number of nitrogens with one attached hydrogen (secondary N) is 1. The molecule has 29 heavy (non-hydrogen) atoms. The molecular weight excluding hydrogens is 381 g/mol. The summed E-state index contributed by atoms with van der Waals surface area (Å²) in [5.74, 6) is 0.411. The van der Waals surface area contributed by atoms with Crippen molar-refractivity contribution in [3.8, 4) is 11.4 Å². The van der Waals surface area contributed by atoms with Crippen LogP contribution in [0.3, 0.4) is 0 Å². The zero-order valence-corrected chi connectivity index (χ0v) is 15.0. The van der Waals surface area contributed by atoms with Gasteiger partial charge in [0, 0.05) is 29.3 Å². The van der Waals surface area contributed by atoms with Crippen molar-refractivity contribution in [2.75, 3.05) is 5.32 Å². The highest BCUT2D eigenvalue weighted by Crippen LogP contribution is 2.32. The van der Waals surface area contributed by atoms with Crippen molar-refractivity contribution in [3.05, 3.63) is 84.2 Å². The van der Waals surface area contributed by atoms with Gasteiger partial charge in [-0.25, -0.2) is 0 Å². The summed E-state index contributed by atoms with van der Waals surface area (Å²) < 4.78 is 38.2. The van der Waals surface area contributed by atoms with E-state index in [-0.39, 0.29) is 0 Å². The minimum Gasteiger partial charge on any atom is -0.355 e. The van der Waals surface area contributed by atoms with Gasteiger partial charge in [0.25, 0.3) is 0 Å². The third-order valence-corrected chi connectivity index (χ3v) is 4.19. The minimum atomic E-state index is -4.37. The maximum Gasteiger partial charge on any atom is 0.416 e. The summed E-state index contributed by atoms with van der Waals surface area (Å²) in [4.78, 5) is 5.45. The normalized spacial score (nSPS) is 11.4. The van der Waals surface area contributed by atoms with E-state index in [1.54, 1.807) is 18.5 Å². The third kappa shape index (κ3) is 4.40. The topological polar surface area (TPSA) is 68.5 Å². The van der Waals surface area contributed by atoms with Gasteiger partial charge in [0.15, 0.2) is 0 Å². The molecule has 0 aliphatic rings. The Balaban J connectivity index is 1.56. The van der Waals surface area contributed by atoms with Gasteiger partial charge in [-0.05, 0) is 59.3 Å². The van der Waals surface area contributed by atoms with Crippen LogP contribution < -0.4 is 5.32 Å². The Bertz CT molecular complexity index is 1090. The van der Waals surface area contributed by atoms with Crippen molar-refractivity contribution in [2.45, 2.75) is 12.7 Å². The highest BCUT2D eigenvalue weighted by molar-refractivity contribution is 5.77. The summed E-state index contributed by atoms with van der Waals surface area (Å²) in [5.41, 5.74) is 2.16. The summed E-state index contributed by atoms with van der Waals surface area (Å²) in [7, 11) is 0. The van der Waals surface area contributed by atoms with E-state index in [4.69, 9.17) is 0 Å². The van der Waals surface area contributed by atoms with E-state index in [0.717, 1.165) is 17.7 Å². The Kier molecular flexibility index (Phi) is 4.94. The number of benzene rings is 2. The fourth-order valence-electron chi connectivity index (χ4n) is 2.75. The molecule has 0 saturated carbocycles. The molecule has 2 heterocycles. The van der Waals surface area contributed by atoms with Crippen LogP contribution in [0.15, 0.2) is 73.1 Å². The van der Waals surface area contributed by atoms with Crippen LogP contribution in [0, 0.1) is 0 Å². The van der Waals surface area contributed by atoms with Gasteiger partial charge >= 0.3 is 6.18 Å². The first-order chi connectivity index (χ1) is 14.0. The first-order valence-corrected chi connectivity index (χ1v) is 8.69. The Hall–Kier alpha value is -3.75. The second kappa shape index (κ2) is 7.70. The number of halogens is 3. The van der Waals surface area contributed by atoms with E-state index < -0.39 is 11.7 Å². The molecule has 1 N–H and O–H groups in total. The monoisotopic (exact) mass is 396 g/mol. The first-order valence-electron chi connectivity index (χ1n) is 8.69. The fourth-order valence-corrected chi connectivity index (χ4v) is 2.75. The lowest BCUT2D eigenvalue weighted by Crippen LogP contribution is -2.04. The lowest BCUT2D eigenvalue weighted by Gasteiger charge is -2.11. The molecule has 9 heteroatoms. The van der Waals surface area contributed by atoms with Crippen LogP contribution in [0.4, 0.5) is 24.5 Å². The number of tetrazole rings is 1. The van der Waals surface area contributed by atoms with Gasteiger partial charge in [-0.2, -0.15) is 18.0 Å². The number of para-hydroxylation sites is 1. The van der Waals surface area contributed by atoms with Gasteiger partial charge in [0.1, 0.15) is 0 Å². The summed E-state index contributed by atoms with van der Waals surface area (Å²) in [5, 5.41) is 15.7. The van der Waals surface area contributed by atoms with Crippen molar-refractivity contribution in [1.82, 2.24) is 25.2 Å². The van der Waals surface area contributed by atoms with Crippen LogP contribution in [0.2, 0.25) is 0 Å². The number of rotatable bonds is 5. The van der Waals surface area contributed by atoms with Crippen molar-refractivity contribution < 1.29 is 13.2 Å². The molecule has 4 aromatic rings. The van der Waals surface area contributed by atoms with Crippen LogP contribution in [-0.4, -0.2) is 25.2 Å². The predicted molar refractivity (Wildman–Crippen MR) is 101 cm³/mol. The molecule has 0 amide bonds. The second-order valence-electron chi connectivity index (χ2n) is 6.24. The molecule has 0 fully saturated rings. The average molecular weight is 396 g/mol. The van der Waals surface area contributed by atoms with Crippen LogP contribution in [0.1, 0.15) is 11.1 Å². The van der Waals surface area contributed by atoms with Crippen molar-refractivity contribution in [1.29, 1.82) is 0 Å². The molecule has 0 aliphatic heterocycles. The van der Waals surface area contributed by atoms with Crippen LogP contribution in [-0.2, 0) is 12.7 Å². The van der Waals surface area contributed by atoms with Crippen LogP contribution in [0.25, 0.3) is 11.4 Å². The zero-order valence-electron chi connectivity index (χ0n) is 15.0. The second-order valence-corrected chi connectivity index (χ2v) is 6.24. The Morgan fingerprint density at radius 2 is 1.62 bits per heavy atom. The Morgan fingerprint density at radius 3 is 2.34 bits per heavy atom. The maximum absolute atomic E-state index is 12.7. The lowest BCUT2D eigenvalue weighted by molar-refractivity contribution is -0.137. The van der Waals surface area contributed by atoms with E-state index in [1.807, 2.05) is 30.3 Å². The first kappa shape index (κ1) is 18.6. The Labute approximate surface area is 164 Å². The highest BCUT2D eigenvalue weighted by Gasteiger charge is 2.29. The number of anilines is 2. The van der Waals surface area contributed by atoms with E-state index >= 15 is 0 Å². The third-order valence-electron chi connectivity index (χ3n) is 4.19. The molecule has 4 rings (SSSR count). The average Bonchev–Trinajstić information content (AvgIpc) is 3.17. The van der Waals surface area contributed by atoms with Crippen LogP contribution >= 0.6 is 0 Å². The van der Waals surface area contributed by atoms with E-state index in [9.17, 15) is 13.2 Å². The SMILES string of the molecule is FC(F)(F)c1ccc(Nc2ccccc2-c2nnn(Cc3ccncc3)n2)cc1. The molecule has 0 saturated heterocycles. The van der Waals surface area contributed by atoms with Gasteiger partial charge in [0.2, 0.25) is 5.82 Å². The quantitative estimate of drug-likeness (QED) is 0.536. The van der Waals surface area contributed by atoms with Crippen molar-refractivity contribution in [2.24, 2.45) is 0 Å². The standard InChI is InChI=1S/C20H15F3N6/c21-20(22,23)15-5-7-16(8-6-15)25-18-4-2-1-3-17(18)19-26-28-29(27-19)13-14-9-11-24-12-10-14/h1-12,25H,13H2. The highest BCUT2D eigenvalue weighted by atomic mass is 19.4. The van der Waals surface area contributed by atoms with Gasteiger partial charge in [-0.15, -0.1) is 10.2 Å². The number of alkyl halides is 3. The molecule has 0 aliphatic carbocycles. The van der Waals surface area contributed by atoms with Gasteiger partial charge in [-0.1, -0.05) is 12.1 Å². The summed E-state index contributed by atoms with van der Waals surface area (Å²) in [6, 6.07) is 15.8. The number of pyridine rings is 1. The molecule has 0 atom stereocenters. The summed E-state index contributed by atoms with van der Waals surface area (Å²) >= 11 is 0. The van der Waals surface area contributed by atoms with E-state index in [0.29, 0.717) is 29.3 Å². The predicted octanol–water partition coefficient (Wildman–Crippen LogP) is 4.55. The largest absolute Gasteiger partial charge is 0.416 e. The molecule has 6 nitrogen and oxygen atoms in total. The molecular formula is C20H15F3N6. The van der Waals surface area contributed by atoms with Crippen molar-refractivity contribution in [3.63, 3.8) is 0 Å². The number of hydrogen-bond donors (Lipinski definition) is 1. The molecule has 0 spiro atoms. The Morgan fingerprint density at radius 1 is 0.897 bits per heavy atom. The zero-order chi connectivity index (χ0) is 20.3. The van der Waals surface area contributed by atoms with Gasteiger partial charge < -0.3 is 5.32 Å². The van der Waals surface area contributed by atoms with Crippen LogP contribution in [0.5, 0.6) is 0 Å². The summed E-state index contributed by atoms with van der Waals surface area (Å²) in [6.45, 7) is 0.448. The molecule has 0 unspecified atom stereocenters. The van der Waals surface area contributed by atoms with Crippen molar-refractivity contribution >= 4 is 11.4 Å². The maximum atomic E-state index is 12.7. The van der Waals surface area contributed by atoms with Gasteiger partial charge in [0.05, 0.1) is 12.1 Å². The van der Waals surface area contributed by atoms with E-state index in [1.165, 1.54) is 16.9 Å². The fraction of sp³-hybridized carbons (Fsp3) is 0.100. The number of hydrogen-bond acceptors (Lipinski definition) is 5. The molecule has 2 aromatic heterocycles. The molecule has 0 radical (unpaired) electrons. The molecule has 146 valence electrons.